The van der Waals surface area contributed by atoms with Crippen molar-refractivity contribution in [2.45, 2.75) is 9.79 Å². The Morgan fingerprint density at radius 1 is 0.897 bits per heavy atom. The number of amides is 1. The van der Waals surface area contributed by atoms with E-state index in [1.807, 2.05) is 0 Å². The molecule has 4 aromatic rings. The number of anilines is 3. The van der Waals surface area contributed by atoms with Crippen molar-refractivity contribution in [1.82, 2.24) is 0 Å². The molecule has 0 spiro atoms. The van der Waals surface area contributed by atoms with Gasteiger partial charge >= 0.3 is 0 Å². The number of sulfonamides is 2. The first-order valence-corrected chi connectivity index (χ1v) is 14.9. The second kappa shape index (κ2) is 10.2. The standard InChI is InChI=1S/C26H18Cl2FN3O5S2/c27-21-5-3-6-22(26(21)28)31-38(34,35)18-11-9-17(10-12-18)30-25(33)15-32-23-13-8-16(29)14-20(23)19-4-1-2-7-24(19)39(32,36)37/h1-14,31H,15H2,(H,30,33). The third-order valence-electron chi connectivity index (χ3n) is 5.90. The fourth-order valence-electron chi connectivity index (χ4n) is 4.11. The van der Waals surface area contributed by atoms with Gasteiger partial charge in [-0.3, -0.25) is 13.8 Å². The zero-order chi connectivity index (χ0) is 27.9. The van der Waals surface area contributed by atoms with Gasteiger partial charge in [-0.2, -0.15) is 0 Å². The summed E-state index contributed by atoms with van der Waals surface area (Å²) in [5.74, 6) is -1.23. The number of carbonyl (C=O) groups excluding carboxylic acids is 1. The van der Waals surface area contributed by atoms with Crippen molar-refractivity contribution in [2.24, 2.45) is 0 Å². The molecule has 39 heavy (non-hydrogen) atoms. The lowest BCUT2D eigenvalue weighted by Crippen LogP contribution is -2.40. The van der Waals surface area contributed by atoms with Gasteiger partial charge in [-0.15, -0.1) is 0 Å². The molecule has 0 aromatic heterocycles. The molecule has 0 unspecified atom stereocenters. The predicted molar refractivity (Wildman–Crippen MR) is 149 cm³/mol. The van der Waals surface area contributed by atoms with E-state index in [9.17, 15) is 26.0 Å². The van der Waals surface area contributed by atoms with Gasteiger partial charge in [0.1, 0.15) is 12.4 Å². The van der Waals surface area contributed by atoms with Gasteiger partial charge in [0.05, 0.1) is 31.2 Å². The van der Waals surface area contributed by atoms with E-state index in [2.05, 4.69) is 10.0 Å². The highest BCUT2D eigenvalue weighted by atomic mass is 35.5. The van der Waals surface area contributed by atoms with Crippen molar-refractivity contribution in [3.63, 3.8) is 0 Å². The summed E-state index contributed by atoms with van der Waals surface area (Å²) in [5.41, 5.74) is 1.18. The van der Waals surface area contributed by atoms with Crippen LogP contribution < -0.4 is 14.3 Å². The molecule has 0 radical (unpaired) electrons. The Morgan fingerprint density at radius 3 is 2.36 bits per heavy atom. The van der Waals surface area contributed by atoms with Gasteiger partial charge in [-0.05, 0) is 60.7 Å². The smallest absolute Gasteiger partial charge is 0.265 e. The molecule has 8 nitrogen and oxygen atoms in total. The highest BCUT2D eigenvalue weighted by Gasteiger charge is 2.36. The molecule has 0 saturated carbocycles. The Bertz CT molecular complexity index is 1830. The van der Waals surface area contributed by atoms with Gasteiger partial charge in [0, 0.05) is 16.8 Å². The number of benzene rings is 4. The summed E-state index contributed by atoms with van der Waals surface area (Å²) in [4.78, 5) is 12.7. The minimum Gasteiger partial charge on any atom is -0.325 e. The number of nitrogens with zero attached hydrogens (tertiary/aromatic N) is 1. The molecule has 1 heterocycles. The predicted octanol–water partition coefficient (Wildman–Crippen LogP) is 5.75. The van der Waals surface area contributed by atoms with Gasteiger partial charge in [-0.1, -0.05) is 47.5 Å². The van der Waals surface area contributed by atoms with Crippen LogP contribution in [-0.4, -0.2) is 29.3 Å². The van der Waals surface area contributed by atoms with Crippen molar-refractivity contribution in [3.8, 4) is 11.1 Å². The molecule has 0 fully saturated rings. The van der Waals surface area contributed by atoms with E-state index in [4.69, 9.17) is 23.2 Å². The van der Waals surface area contributed by atoms with Gasteiger partial charge in [0.15, 0.2) is 0 Å². The molecular weight excluding hydrogens is 588 g/mol. The maximum atomic E-state index is 14.0. The Hall–Kier alpha value is -3.64. The van der Waals surface area contributed by atoms with E-state index >= 15 is 0 Å². The number of nitrogens with one attached hydrogen (secondary N) is 2. The van der Waals surface area contributed by atoms with E-state index in [1.54, 1.807) is 24.3 Å². The Labute approximate surface area is 234 Å². The number of rotatable bonds is 6. The van der Waals surface area contributed by atoms with E-state index in [0.717, 1.165) is 10.4 Å². The van der Waals surface area contributed by atoms with Crippen LogP contribution in [0.3, 0.4) is 0 Å². The lowest BCUT2D eigenvalue weighted by Gasteiger charge is -2.31. The first kappa shape index (κ1) is 26.9. The second-order valence-electron chi connectivity index (χ2n) is 8.45. The minimum absolute atomic E-state index is 0.0437. The molecule has 1 amide bonds. The zero-order valence-electron chi connectivity index (χ0n) is 19.7. The number of hydrogen-bond acceptors (Lipinski definition) is 5. The zero-order valence-corrected chi connectivity index (χ0v) is 22.9. The SMILES string of the molecule is O=C(CN1c2ccc(F)cc2-c2ccccc2S1(=O)=O)Nc1ccc(S(=O)(=O)Nc2cccc(Cl)c2Cl)cc1. The van der Waals surface area contributed by atoms with Crippen molar-refractivity contribution in [3.05, 3.63) is 101 Å². The molecule has 200 valence electrons. The summed E-state index contributed by atoms with van der Waals surface area (Å²) in [7, 11) is -8.14. The van der Waals surface area contributed by atoms with Crippen molar-refractivity contribution >= 4 is 66.2 Å². The Morgan fingerprint density at radius 2 is 1.62 bits per heavy atom. The second-order valence-corrected chi connectivity index (χ2v) is 12.7. The van der Waals surface area contributed by atoms with Gasteiger partial charge in [-0.25, -0.2) is 21.2 Å². The van der Waals surface area contributed by atoms with Crippen molar-refractivity contribution < 1.29 is 26.0 Å². The molecule has 2 N–H and O–H groups in total. The quantitative estimate of drug-likeness (QED) is 0.291. The van der Waals surface area contributed by atoms with Gasteiger partial charge < -0.3 is 5.32 Å². The van der Waals surface area contributed by atoms with Gasteiger partial charge in [0.2, 0.25) is 5.91 Å². The highest BCUT2D eigenvalue weighted by Crippen LogP contribution is 2.43. The van der Waals surface area contributed by atoms with E-state index in [1.165, 1.54) is 54.6 Å². The summed E-state index contributed by atoms with van der Waals surface area (Å²) in [6.45, 7) is -0.593. The highest BCUT2D eigenvalue weighted by molar-refractivity contribution is 7.93. The lowest BCUT2D eigenvalue weighted by molar-refractivity contribution is -0.114. The number of carbonyl (C=O) groups is 1. The number of fused-ring (bicyclic) bond motifs is 3. The van der Waals surface area contributed by atoms with Crippen LogP contribution in [0, 0.1) is 5.82 Å². The molecule has 5 rings (SSSR count). The summed E-state index contributed by atoms with van der Waals surface area (Å²) < 4.78 is 69.5. The fraction of sp³-hybridized carbons (Fsp3) is 0.0385. The van der Waals surface area contributed by atoms with Crippen LogP contribution in [0.1, 0.15) is 0 Å². The minimum atomic E-state index is -4.12. The molecule has 1 aliphatic rings. The topological polar surface area (TPSA) is 113 Å². The molecule has 13 heteroatoms. The van der Waals surface area contributed by atoms with Crippen LogP contribution >= 0.6 is 23.2 Å². The Kier molecular flexibility index (Phi) is 7.02. The maximum Gasteiger partial charge on any atom is 0.265 e. The molecule has 1 aliphatic heterocycles. The summed E-state index contributed by atoms with van der Waals surface area (Å²) >= 11 is 12.0. The van der Waals surface area contributed by atoms with Crippen molar-refractivity contribution in [1.29, 1.82) is 0 Å². The maximum absolute atomic E-state index is 14.0. The number of hydrogen-bond donors (Lipinski definition) is 2. The normalized spacial score (nSPS) is 13.8. The largest absolute Gasteiger partial charge is 0.325 e. The molecule has 0 saturated heterocycles. The Balaban J connectivity index is 1.35. The van der Waals surface area contributed by atoms with E-state index in [0.29, 0.717) is 11.1 Å². The molecule has 4 aromatic carbocycles. The number of halogens is 3. The lowest BCUT2D eigenvalue weighted by atomic mass is 10.0. The van der Waals surface area contributed by atoms with Crippen LogP contribution in [0.15, 0.2) is 94.7 Å². The van der Waals surface area contributed by atoms with Crippen LogP contribution in [0.2, 0.25) is 10.0 Å². The monoisotopic (exact) mass is 605 g/mol. The third kappa shape index (κ3) is 5.18. The first-order valence-electron chi connectivity index (χ1n) is 11.3. The molecule has 0 bridgehead atoms. The molecule has 0 aliphatic carbocycles. The van der Waals surface area contributed by atoms with Crippen LogP contribution in [-0.2, 0) is 24.8 Å². The van der Waals surface area contributed by atoms with Crippen molar-refractivity contribution in [2.75, 3.05) is 20.9 Å². The summed E-state index contributed by atoms with van der Waals surface area (Å²) in [6, 6.07) is 19.6. The third-order valence-corrected chi connectivity index (χ3v) is 9.92. The van der Waals surface area contributed by atoms with Crippen LogP contribution in [0.4, 0.5) is 21.5 Å². The average molecular weight is 606 g/mol. The average Bonchev–Trinajstić information content (AvgIpc) is 2.90. The first-order chi connectivity index (χ1) is 18.5. The van der Waals surface area contributed by atoms with Crippen LogP contribution in [0.25, 0.3) is 11.1 Å². The van der Waals surface area contributed by atoms with Gasteiger partial charge in [0.25, 0.3) is 20.0 Å². The molecular formula is C26H18Cl2FN3O5S2. The van der Waals surface area contributed by atoms with E-state index < -0.39 is 38.3 Å². The van der Waals surface area contributed by atoms with Crippen LogP contribution in [0.5, 0.6) is 0 Å². The summed E-state index contributed by atoms with van der Waals surface area (Å²) in [5, 5.41) is 2.79. The molecule has 0 atom stereocenters. The van der Waals surface area contributed by atoms with E-state index in [-0.39, 0.29) is 36.9 Å². The fourth-order valence-corrected chi connectivity index (χ4v) is 7.23. The summed E-state index contributed by atoms with van der Waals surface area (Å²) in [6.07, 6.45) is 0.